The van der Waals surface area contributed by atoms with Crippen molar-refractivity contribution in [2.45, 2.75) is 33.1 Å². The average molecular weight is 325 g/mol. The lowest BCUT2D eigenvalue weighted by atomic mass is 9.94. The summed E-state index contributed by atoms with van der Waals surface area (Å²) in [6, 6.07) is 5.62. The number of aliphatic hydroxyl groups is 1. The predicted octanol–water partition coefficient (Wildman–Crippen LogP) is 3.46. The summed E-state index contributed by atoms with van der Waals surface area (Å²) in [4.78, 5) is 14.2. The van der Waals surface area contributed by atoms with Gasteiger partial charge in [-0.15, -0.1) is 0 Å². The number of hydrogen-bond acceptors (Lipinski definition) is 2. The molecule has 122 valence electrons. The Balaban J connectivity index is 1.94. The van der Waals surface area contributed by atoms with Crippen LogP contribution in [0.4, 0.5) is 10.5 Å². The van der Waals surface area contributed by atoms with Crippen molar-refractivity contribution in [1.82, 2.24) is 5.32 Å². The predicted molar refractivity (Wildman–Crippen MR) is 90.5 cm³/mol. The van der Waals surface area contributed by atoms with Crippen LogP contribution in [0, 0.1) is 11.8 Å². The van der Waals surface area contributed by atoms with E-state index in [9.17, 15) is 4.79 Å². The first-order valence-electron chi connectivity index (χ1n) is 7.96. The molecule has 0 saturated heterocycles. The van der Waals surface area contributed by atoms with Crippen LogP contribution in [0.15, 0.2) is 18.2 Å². The van der Waals surface area contributed by atoms with Crippen LogP contribution in [0.3, 0.4) is 0 Å². The third-order valence-corrected chi connectivity index (χ3v) is 4.31. The molecule has 2 rings (SSSR count). The minimum atomic E-state index is -0.0762. The topological polar surface area (TPSA) is 52.6 Å². The Morgan fingerprint density at radius 1 is 1.45 bits per heavy atom. The summed E-state index contributed by atoms with van der Waals surface area (Å²) >= 11 is 6.03. The van der Waals surface area contributed by atoms with E-state index in [0.29, 0.717) is 29.9 Å². The molecule has 1 aliphatic rings. The zero-order valence-corrected chi connectivity index (χ0v) is 14.1. The molecule has 5 heteroatoms. The molecule has 0 fully saturated rings. The van der Waals surface area contributed by atoms with Crippen molar-refractivity contribution in [2.24, 2.45) is 11.8 Å². The van der Waals surface area contributed by atoms with E-state index in [1.54, 1.807) is 4.90 Å². The molecule has 1 heterocycles. The highest BCUT2D eigenvalue weighted by atomic mass is 35.5. The van der Waals surface area contributed by atoms with Gasteiger partial charge in [0.15, 0.2) is 0 Å². The number of carbonyl (C=O) groups excluding carboxylic acids is 1. The maximum absolute atomic E-state index is 12.4. The summed E-state index contributed by atoms with van der Waals surface area (Å²) in [5, 5.41) is 12.8. The molecule has 22 heavy (non-hydrogen) atoms. The van der Waals surface area contributed by atoms with E-state index >= 15 is 0 Å². The fourth-order valence-electron chi connectivity index (χ4n) is 3.04. The van der Waals surface area contributed by atoms with Gasteiger partial charge in [-0.1, -0.05) is 31.5 Å². The van der Waals surface area contributed by atoms with Crippen LogP contribution in [-0.2, 0) is 6.42 Å². The minimum Gasteiger partial charge on any atom is -0.396 e. The number of amides is 2. The maximum atomic E-state index is 12.4. The second-order valence-electron chi connectivity index (χ2n) is 6.37. The van der Waals surface area contributed by atoms with E-state index < -0.39 is 0 Å². The van der Waals surface area contributed by atoms with Crippen molar-refractivity contribution in [3.8, 4) is 0 Å². The van der Waals surface area contributed by atoms with Crippen LogP contribution in [0.5, 0.6) is 0 Å². The molecule has 0 aromatic heterocycles. The quantitative estimate of drug-likeness (QED) is 0.842. The first-order chi connectivity index (χ1) is 10.5. The fourth-order valence-corrected chi connectivity index (χ4v) is 3.21. The van der Waals surface area contributed by atoms with Gasteiger partial charge in [0.25, 0.3) is 0 Å². The molecular weight excluding hydrogens is 300 g/mol. The van der Waals surface area contributed by atoms with Crippen molar-refractivity contribution in [3.05, 3.63) is 28.8 Å². The molecule has 1 unspecified atom stereocenters. The van der Waals surface area contributed by atoms with Gasteiger partial charge >= 0.3 is 6.03 Å². The fraction of sp³-hybridized carbons (Fsp3) is 0.588. The van der Waals surface area contributed by atoms with E-state index in [4.69, 9.17) is 16.7 Å². The van der Waals surface area contributed by atoms with Crippen LogP contribution in [-0.4, -0.2) is 30.8 Å². The summed E-state index contributed by atoms with van der Waals surface area (Å²) in [6.07, 6.45) is 2.59. The Morgan fingerprint density at radius 3 is 2.91 bits per heavy atom. The second kappa shape index (κ2) is 7.84. The summed E-state index contributed by atoms with van der Waals surface area (Å²) < 4.78 is 0. The molecule has 0 spiro atoms. The number of carbonyl (C=O) groups is 1. The Morgan fingerprint density at radius 2 is 2.23 bits per heavy atom. The van der Waals surface area contributed by atoms with Gasteiger partial charge in [-0.25, -0.2) is 4.79 Å². The molecule has 2 amide bonds. The molecule has 0 aliphatic carbocycles. The number of fused-ring (bicyclic) bond motifs is 1. The summed E-state index contributed by atoms with van der Waals surface area (Å²) in [5.41, 5.74) is 2.07. The lowest BCUT2D eigenvalue weighted by Crippen LogP contribution is -2.41. The number of hydrogen-bond donors (Lipinski definition) is 2. The minimum absolute atomic E-state index is 0.0762. The Hall–Kier alpha value is -1.26. The van der Waals surface area contributed by atoms with Gasteiger partial charge in [0, 0.05) is 24.7 Å². The number of anilines is 1. The van der Waals surface area contributed by atoms with Gasteiger partial charge in [-0.05, 0) is 48.8 Å². The molecule has 1 aliphatic heterocycles. The SMILES string of the molecule is CC(C)CC(CCO)CNC(=O)N1CCc2ccc(Cl)cc21. The summed E-state index contributed by atoms with van der Waals surface area (Å²) in [7, 11) is 0. The first-order valence-corrected chi connectivity index (χ1v) is 8.33. The third kappa shape index (κ3) is 4.37. The van der Waals surface area contributed by atoms with Crippen LogP contribution >= 0.6 is 11.6 Å². The Kier molecular flexibility index (Phi) is 6.09. The van der Waals surface area contributed by atoms with E-state index in [-0.39, 0.29) is 12.6 Å². The number of urea groups is 1. The Labute approximate surface area is 137 Å². The second-order valence-corrected chi connectivity index (χ2v) is 6.81. The molecule has 1 aromatic rings. The highest BCUT2D eigenvalue weighted by Gasteiger charge is 2.25. The van der Waals surface area contributed by atoms with E-state index in [0.717, 1.165) is 30.5 Å². The molecule has 0 bridgehead atoms. The number of halogens is 1. The van der Waals surface area contributed by atoms with Crippen LogP contribution in [0.25, 0.3) is 0 Å². The molecule has 2 N–H and O–H groups in total. The Bertz CT molecular complexity index is 519. The smallest absolute Gasteiger partial charge is 0.321 e. The van der Waals surface area contributed by atoms with E-state index in [1.165, 1.54) is 0 Å². The molecule has 1 atom stereocenters. The molecular formula is C17H25ClN2O2. The van der Waals surface area contributed by atoms with Gasteiger partial charge < -0.3 is 10.4 Å². The first kappa shape index (κ1) is 17.1. The number of benzene rings is 1. The van der Waals surface area contributed by atoms with Gasteiger partial charge in [0.05, 0.1) is 5.69 Å². The third-order valence-electron chi connectivity index (χ3n) is 4.07. The summed E-state index contributed by atoms with van der Waals surface area (Å²) in [6.45, 7) is 5.77. The maximum Gasteiger partial charge on any atom is 0.321 e. The lowest BCUT2D eigenvalue weighted by molar-refractivity contribution is 0.228. The van der Waals surface area contributed by atoms with Crippen molar-refractivity contribution in [1.29, 1.82) is 0 Å². The van der Waals surface area contributed by atoms with E-state index in [2.05, 4.69) is 19.2 Å². The van der Waals surface area contributed by atoms with Crippen LogP contribution in [0.2, 0.25) is 5.02 Å². The average Bonchev–Trinajstić information content (AvgIpc) is 2.87. The van der Waals surface area contributed by atoms with Crippen molar-refractivity contribution in [2.75, 3.05) is 24.6 Å². The van der Waals surface area contributed by atoms with Crippen LogP contribution < -0.4 is 10.2 Å². The normalized spacial score (nSPS) is 15.0. The summed E-state index contributed by atoms with van der Waals surface area (Å²) in [5.74, 6) is 0.871. The van der Waals surface area contributed by atoms with Crippen molar-refractivity contribution in [3.63, 3.8) is 0 Å². The molecule has 1 aromatic carbocycles. The van der Waals surface area contributed by atoms with Crippen molar-refractivity contribution >= 4 is 23.3 Å². The standard InChI is InChI=1S/C17H25ClN2O2/c1-12(2)9-13(6-8-21)11-19-17(22)20-7-5-14-3-4-15(18)10-16(14)20/h3-4,10,12-13,21H,5-9,11H2,1-2H3,(H,19,22). The molecule has 0 radical (unpaired) electrons. The van der Waals surface area contributed by atoms with E-state index in [1.807, 2.05) is 18.2 Å². The monoisotopic (exact) mass is 324 g/mol. The van der Waals surface area contributed by atoms with Crippen molar-refractivity contribution < 1.29 is 9.90 Å². The molecule has 4 nitrogen and oxygen atoms in total. The zero-order chi connectivity index (χ0) is 16.1. The highest BCUT2D eigenvalue weighted by molar-refractivity contribution is 6.31. The lowest BCUT2D eigenvalue weighted by Gasteiger charge is -2.22. The zero-order valence-electron chi connectivity index (χ0n) is 13.3. The number of nitrogens with one attached hydrogen (secondary N) is 1. The van der Waals surface area contributed by atoms with Gasteiger partial charge in [-0.2, -0.15) is 0 Å². The largest absolute Gasteiger partial charge is 0.396 e. The van der Waals surface area contributed by atoms with Gasteiger partial charge in [-0.3, -0.25) is 4.90 Å². The number of rotatable bonds is 6. The number of aliphatic hydroxyl groups excluding tert-OH is 1. The number of nitrogens with zero attached hydrogens (tertiary/aromatic N) is 1. The van der Waals surface area contributed by atoms with Gasteiger partial charge in [0.1, 0.15) is 0 Å². The van der Waals surface area contributed by atoms with Crippen LogP contribution in [0.1, 0.15) is 32.3 Å². The highest BCUT2D eigenvalue weighted by Crippen LogP contribution is 2.30. The molecule has 0 saturated carbocycles. The van der Waals surface area contributed by atoms with Gasteiger partial charge in [0.2, 0.25) is 0 Å².